The van der Waals surface area contributed by atoms with Gasteiger partial charge in [-0.25, -0.2) is 0 Å². The molecule has 2 bridgehead atoms. The van der Waals surface area contributed by atoms with Crippen molar-refractivity contribution in [1.29, 1.82) is 0 Å². The minimum atomic E-state index is -0.140. The second kappa shape index (κ2) is 4.45. The van der Waals surface area contributed by atoms with Crippen LogP contribution in [-0.2, 0) is 9.59 Å². The second-order valence-corrected chi connectivity index (χ2v) is 5.94. The maximum Gasteiger partial charge on any atom is 0.238 e. The number of amides is 2. The molecule has 1 aromatic carbocycles. The van der Waals surface area contributed by atoms with E-state index < -0.39 is 0 Å². The highest BCUT2D eigenvalue weighted by Gasteiger charge is 2.59. The van der Waals surface area contributed by atoms with E-state index in [1.54, 1.807) is 24.3 Å². The van der Waals surface area contributed by atoms with Crippen LogP contribution in [0.3, 0.4) is 0 Å². The Kier molecular flexibility index (Phi) is 2.67. The highest BCUT2D eigenvalue weighted by Crippen LogP contribution is 2.53. The Bertz CT molecular complexity index is 604. The molecular formula is C17H17NO3. The van der Waals surface area contributed by atoms with E-state index in [-0.39, 0.29) is 35.5 Å². The van der Waals surface area contributed by atoms with Crippen molar-refractivity contribution in [2.45, 2.75) is 13.3 Å². The van der Waals surface area contributed by atoms with E-state index in [0.717, 1.165) is 12.2 Å². The molecule has 0 unspecified atom stereocenters. The molecule has 1 heterocycles. The van der Waals surface area contributed by atoms with Crippen LogP contribution in [0.25, 0.3) is 0 Å². The van der Waals surface area contributed by atoms with Gasteiger partial charge in [0.1, 0.15) is 5.75 Å². The molecule has 2 amide bonds. The summed E-state index contributed by atoms with van der Waals surface area (Å²) in [6.45, 7) is 2.52. The zero-order chi connectivity index (χ0) is 14.6. The number of imide groups is 1. The summed E-state index contributed by atoms with van der Waals surface area (Å²) in [6, 6.07) is 7.19. The molecule has 0 aromatic heterocycles. The highest BCUT2D eigenvalue weighted by atomic mass is 16.5. The molecule has 1 saturated heterocycles. The number of fused-ring (bicyclic) bond motifs is 5. The SMILES string of the molecule is CCOc1ccc(N2C(=O)[C@@H]3[C@H](C2=O)[C@@H]2C=C[C@@H]3C2)cc1. The molecule has 2 fully saturated rings. The van der Waals surface area contributed by atoms with E-state index in [1.165, 1.54) is 4.90 Å². The Morgan fingerprint density at radius 1 is 1.05 bits per heavy atom. The normalized spacial score (nSPS) is 32.9. The molecule has 2 aliphatic carbocycles. The summed E-state index contributed by atoms with van der Waals surface area (Å²) in [5.74, 6) is 0.908. The first-order valence-electron chi connectivity index (χ1n) is 7.49. The van der Waals surface area contributed by atoms with E-state index in [9.17, 15) is 9.59 Å². The quantitative estimate of drug-likeness (QED) is 0.632. The van der Waals surface area contributed by atoms with Crippen molar-refractivity contribution in [3.8, 4) is 5.75 Å². The van der Waals surface area contributed by atoms with Gasteiger partial charge in [0.25, 0.3) is 0 Å². The number of hydrogen-bond acceptors (Lipinski definition) is 3. The molecule has 3 aliphatic rings. The third kappa shape index (κ3) is 1.68. The lowest BCUT2D eigenvalue weighted by Gasteiger charge is -2.17. The number of anilines is 1. The van der Waals surface area contributed by atoms with Crippen molar-refractivity contribution in [1.82, 2.24) is 0 Å². The molecule has 4 nitrogen and oxygen atoms in total. The second-order valence-electron chi connectivity index (χ2n) is 5.94. The molecule has 0 N–H and O–H groups in total. The Labute approximate surface area is 123 Å². The van der Waals surface area contributed by atoms with Gasteiger partial charge in [0, 0.05) is 0 Å². The maximum atomic E-state index is 12.6. The lowest BCUT2D eigenvalue weighted by atomic mass is 9.85. The van der Waals surface area contributed by atoms with Crippen molar-refractivity contribution in [3.05, 3.63) is 36.4 Å². The largest absolute Gasteiger partial charge is 0.494 e. The Balaban J connectivity index is 1.64. The number of rotatable bonds is 3. The lowest BCUT2D eigenvalue weighted by molar-refractivity contribution is -0.123. The van der Waals surface area contributed by atoms with E-state index in [1.807, 2.05) is 6.92 Å². The van der Waals surface area contributed by atoms with Crippen LogP contribution in [0.1, 0.15) is 13.3 Å². The molecule has 0 spiro atoms. The van der Waals surface area contributed by atoms with Gasteiger partial charge in [-0.1, -0.05) is 12.2 Å². The molecule has 1 aromatic rings. The summed E-state index contributed by atoms with van der Waals surface area (Å²) in [4.78, 5) is 26.6. The fourth-order valence-electron chi connectivity index (χ4n) is 4.01. The van der Waals surface area contributed by atoms with Gasteiger partial charge in [-0.15, -0.1) is 0 Å². The van der Waals surface area contributed by atoms with Crippen molar-refractivity contribution in [2.75, 3.05) is 11.5 Å². The molecule has 4 rings (SSSR count). The Morgan fingerprint density at radius 3 is 2.14 bits per heavy atom. The monoisotopic (exact) mass is 283 g/mol. The predicted octanol–water partition coefficient (Wildman–Crippen LogP) is 2.40. The topological polar surface area (TPSA) is 46.6 Å². The number of nitrogens with zero attached hydrogens (tertiary/aromatic N) is 1. The van der Waals surface area contributed by atoms with Crippen LogP contribution in [0.2, 0.25) is 0 Å². The van der Waals surface area contributed by atoms with Crippen molar-refractivity contribution in [3.63, 3.8) is 0 Å². The molecule has 4 heteroatoms. The zero-order valence-corrected chi connectivity index (χ0v) is 11.9. The minimum Gasteiger partial charge on any atom is -0.494 e. The molecule has 108 valence electrons. The first-order valence-corrected chi connectivity index (χ1v) is 7.49. The van der Waals surface area contributed by atoms with Gasteiger partial charge in [-0.3, -0.25) is 14.5 Å². The van der Waals surface area contributed by atoms with Gasteiger partial charge < -0.3 is 4.74 Å². The van der Waals surface area contributed by atoms with Crippen LogP contribution in [0.15, 0.2) is 36.4 Å². The Morgan fingerprint density at radius 2 is 1.62 bits per heavy atom. The fraction of sp³-hybridized carbons (Fsp3) is 0.412. The van der Waals surface area contributed by atoms with Crippen LogP contribution >= 0.6 is 0 Å². The van der Waals surface area contributed by atoms with E-state index in [2.05, 4.69) is 12.2 Å². The zero-order valence-electron chi connectivity index (χ0n) is 11.9. The van der Waals surface area contributed by atoms with E-state index in [4.69, 9.17) is 4.74 Å². The Hall–Kier alpha value is -2.10. The third-order valence-corrected chi connectivity index (χ3v) is 4.88. The van der Waals surface area contributed by atoms with E-state index in [0.29, 0.717) is 12.3 Å². The minimum absolute atomic E-state index is 0.0361. The van der Waals surface area contributed by atoms with Gasteiger partial charge in [0.05, 0.1) is 24.1 Å². The summed E-state index contributed by atoms with van der Waals surface area (Å²) in [5.41, 5.74) is 0.655. The summed E-state index contributed by atoms with van der Waals surface area (Å²) in [7, 11) is 0. The average Bonchev–Trinajstić information content (AvgIpc) is 3.15. The molecule has 4 atom stereocenters. The predicted molar refractivity (Wildman–Crippen MR) is 77.8 cm³/mol. The van der Waals surface area contributed by atoms with Crippen molar-refractivity contribution in [2.24, 2.45) is 23.7 Å². The van der Waals surface area contributed by atoms with Crippen LogP contribution in [0, 0.1) is 23.7 Å². The first kappa shape index (κ1) is 12.6. The van der Waals surface area contributed by atoms with Crippen molar-refractivity contribution < 1.29 is 14.3 Å². The van der Waals surface area contributed by atoms with Gasteiger partial charge >= 0.3 is 0 Å². The van der Waals surface area contributed by atoms with Crippen molar-refractivity contribution >= 4 is 17.5 Å². The molecule has 1 aliphatic heterocycles. The highest BCUT2D eigenvalue weighted by molar-refractivity contribution is 6.22. The van der Waals surface area contributed by atoms with Gasteiger partial charge in [-0.05, 0) is 49.4 Å². The standard InChI is InChI=1S/C17H17NO3/c1-2-21-13-7-5-12(6-8-13)18-16(19)14-10-3-4-11(9-10)15(14)17(18)20/h3-8,10-11,14-15H,2,9H2,1H3/t10-,11-,14-,15+/m1/s1. The maximum absolute atomic E-state index is 12.6. The summed E-state index contributed by atoms with van der Waals surface area (Å²) < 4.78 is 5.40. The van der Waals surface area contributed by atoms with Crippen LogP contribution < -0.4 is 9.64 Å². The summed E-state index contributed by atoms with van der Waals surface area (Å²) in [6.07, 6.45) is 5.18. The lowest BCUT2D eigenvalue weighted by Crippen LogP contribution is -2.32. The van der Waals surface area contributed by atoms with Crippen LogP contribution in [0.4, 0.5) is 5.69 Å². The van der Waals surface area contributed by atoms with E-state index >= 15 is 0 Å². The molecule has 1 saturated carbocycles. The number of ether oxygens (including phenoxy) is 1. The number of benzene rings is 1. The first-order chi connectivity index (χ1) is 10.2. The number of carbonyl (C=O) groups is 2. The molecular weight excluding hydrogens is 266 g/mol. The number of allylic oxidation sites excluding steroid dienone is 2. The number of carbonyl (C=O) groups excluding carboxylic acids is 2. The molecule has 0 radical (unpaired) electrons. The smallest absolute Gasteiger partial charge is 0.238 e. The van der Waals surface area contributed by atoms with Crippen LogP contribution in [0.5, 0.6) is 5.75 Å². The van der Waals surface area contributed by atoms with Gasteiger partial charge in [-0.2, -0.15) is 0 Å². The average molecular weight is 283 g/mol. The molecule has 21 heavy (non-hydrogen) atoms. The number of hydrogen-bond donors (Lipinski definition) is 0. The summed E-state index contributed by atoms with van der Waals surface area (Å²) >= 11 is 0. The van der Waals surface area contributed by atoms with Crippen LogP contribution in [-0.4, -0.2) is 18.4 Å². The third-order valence-electron chi connectivity index (χ3n) is 4.88. The van der Waals surface area contributed by atoms with Gasteiger partial charge in [0.15, 0.2) is 0 Å². The summed E-state index contributed by atoms with van der Waals surface area (Å²) in [5, 5.41) is 0. The van der Waals surface area contributed by atoms with Gasteiger partial charge in [0.2, 0.25) is 11.8 Å². The fourth-order valence-corrected chi connectivity index (χ4v) is 4.01.